The van der Waals surface area contributed by atoms with Gasteiger partial charge in [0.2, 0.25) is 0 Å². The van der Waals surface area contributed by atoms with Crippen molar-refractivity contribution in [2.24, 2.45) is 5.92 Å². The van der Waals surface area contributed by atoms with Crippen LogP contribution in [-0.4, -0.2) is 33.4 Å². The van der Waals surface area contributed by atoms with Crippen molar-refractivity contribution < 1.29 is 9.13 Å². The van der Waals surface area contributed by atoms with Crippen molar-refractivity contribution in [3.05, 3.63) is 29.6 Å². The number of piperidine rings is 1. The van der Waals surface area contributed by atoms with Gasteiger partial charge in [0.05, 0.1) is 11.8 Å². The number of benzene rings is 1. The molecule has 0 bridgehead atoms. The number of nitrogens with one attached hydrogen (secondary N) is 1. The van der Waals surface area contributed by atoms with Crippen molar-refractivity contribution >= 4 is 5.69 Å². The molecule has 2 rings (SSSR count). The number of hydrogen-bond acceptors (Lipinski definition) is 3. The van der Waals surface area contributed by atoms with Crippen LogP contribution in [-0.2, 0) is 4.74 Å². The Balaban J connectivity index is 2.32. The summed E-state index contributed by atoms with van der Waals surface area (Å²) in [5.74, 6) is 0.377. The van der Waals surface area contributed by atoms with Crippen molar-refractivity contribution in [2.75, 3.05) is 32.1 Å². The summed E-state index contributed by atoms with van der Waals surface area (Å²) in [6.45, 7) is 5.88. The minimum atomic E-state index is -0.144. The molecule has 4 heteroatoms. The Labute approximate surface area is 121 Å². The van der Waals surface area contributed by atoms with Gasteiger partial charge < -0.3 is 15.0 Å². The van der Waals surface area contributed by atoms with Gasteiger partial charge in [-0.15, -0.1) is 0 Å². The summed E-state index contributed by atoms with van der Waals surface area (Å²) in [5.41, 5.74) is 1.74. The molecule has 0 aromatic heterocycles. The molecule has 3 nitrogen and oxygen atoms in total. The van der Waals surface area contributed by atoms with Crippen LogP contribution in [0.25, 0.3) is 0 Å². The van der Waals surface area contributed by atoms with Gasteiger partial charge in [-0.2, -0.15) is 0 Å². The van der Waals surface area contributed by atoms with Gasteiger partial charge in [0, 0.05) is 26.2 Å². The van der Waals surface area contributed by atoms with Crippen LogP contribution in [0.5, 0.6) is 0 Å². The Morgan fingerprint density at radius 3 is 2.85 bits per heavy atom. The minimum Gasteiger partial charge on any atom is -0.379 e. The molecule has 0 radical (unpaired) electrons. The first kappa shape index (κ1) is 15.3. The first-order chi connectivity index (χ1) is 9.58. The minimum absolute atomic E-state index is 0.126. The van der Waals surface area contributed by atoms with E-state index in [1.54, 1.807) is 19.2 Å². The van der Waals surface area contributed by atoms with Crippen molar-refractivity contribution in [1.29, 1.82) is 0 Å². The van der Waals surface area contributed by atoms with Crippen molar-refractivity contribution in [3.63, 3.8) is 0 Å². The first-order valence-electron chi connectivity index (χ1n) is 7.31. The molecule has 1 N–H and O–H groups in total. The Hall–Kier alpha value is -1.13. The van der Waals surface area contributed by atoms with E-state index in [0.29, 0.717) is 5.92 Å². The van der Waals surface area contributed by atoms with Crippen LogP contribution in [0, 0.1) is 11.7 Å². The number of ether oxygens (including phenoxy) is 1. The van der Waals surface area contributed by atoms with Gasteiger partial charge >= 0.3 is 0 Å². The van der Waals surface area contributed by atoms with Crippen molar-refractivity contribution in [3.8, 4) is 0 Å². The fraction of sp³-hybridized carbons (Fsp3) is 0.625. The molecule has 0 saturated carbocycles. The van der Waals surface area contributed by atoms with E-state index in [0.717, 1.165) is 30.8 Å². The van der Waals surface area contributed by atoms with Crippen LogP contribution in [0.1, 0.15) is 31.9 Å². The maximum absolute atomic E-state index is 14.3. The number of nitrogens with zero attached hydrogens (tertiary/aromatic N) is 1. The molecular formula is C16H25FN2O. The summed E-state index contributed by atoms with van der Waals surface area (Å²) in [7, 11) is 3.64. The summed E-state index contributed by atoms with van der Waals surface area (Å²) >= 11 is 0. The average molecular weight is 280 g/mol. The Morgan fingerprint density at radius 1 is 1.45 bits per heavy atom. The molecule has 1 aromatic carbocycles. The van der Waals surface area contributed by atoms with Gasteiger partial charge in [-0.3, -0.25) is 0 Å². The van der Waals surface area contributed by atoms with Gasteiger partial charge in [0.1, 0.15) is 5.82 Å². The molecule has 1 saturated heterocycles. The molecule has 1 aromatic rings. The highest BCUT2D eigenvalue weighted by Crippen LogP contribution is 2.32. The molecule has 1 fully saturated rings. The molecule has 3 atom stereocenters. The van der Waals surface area contributed by atoms with E-state index >= 15 is 0 Å². The molecular weight excluding hydrogens is 255 g/mol. The maximum Gasteiger partial charge on any atom is 0.146 e. The zero-order chi connectivity index (χ0) is 14.7. The zero-order valence-corrected chi connectivity index (χ0v) is 12.8. The third kappa shape index (κ3) is 2.96. The second kappa shape index (κ2) is 6.55. The molecule has 112 valence electrons. The Morgan fingerprint density at radius 2 is 2.20 bits per heavy atom. The monoisotopic (exact) mass is 280 g/mol. The number of anilines is 1. The third-order valence-electron chi connectivity index (χ3n) is 4.43. The van der Waals surface area contributed by atoms with E-state index in [-0.39, 0.29) is 18.0 Å². The van der Waals surface area contributed by atoms with Gasteiger partial charge in [-0.05, 0) is 37.9 Å². The highest BCUT2D eigenvalue weighted by Gasteiger charge is 2.29. The molecule has 0 spiro atoms. The number of rotatable bonds is 4. The second-order valence-corrected chi connectivity index (χ2v) is 5.67. The fourth-order valence-corrected chi connectivity index (χ4v) is 2.91. The van der Waals surface area contributed by atoms with Crippen LogP contribution in [0.2, 0.25) is 0 Å². The van der Waals surface area contributed by atoms with Crippen LogP contribution in [0.15, 0.2) is 18.2 Å². The topological polar surface area (TPSA) is 24.5 Å². The second-order valence-electron chi connectivity index (χ2n) is 5.67. The predicted octanol–water partition coefficient (Wildman–Crippen LogP) is 2.97. The number of halogens is 1. The fourth-order valence-electron chi connectivity index (χ4n) is 2.91. The third-order valence-corrected chi connectivity index (χ3v) is 4.43. The van der Waals surface area contributed by atoms with E-state index in [1.165, 1.54) is 0 Å². The lowest BCUT2D eigenvalue weighted by atomic mass is 9.94. The van der Waals surface area contributed by atoms with Crippen LogP contribution < -0.4 is 10.2 Å². The number of hydrogen-bond donors (Lipinski definition) is 1. The van der Waals surface area contributed by atoms with Crippen LogP contribution in [0.3, 0.4) is 0 Å². The number of para-hydroxylation sites is 1. The van der Waals surface area contributed by atoms with Gasteiger partial charge in [-0.1, -0.05) is 19.1 Å². The smallest absolute Gasteiger partial charge is 0.146 e. The molecule has 1 aliphatic heterocycles. The van der Waals surface area contributed by atoms with Crippen molar-refractivity contribution in [1.82, 2.24) is 5.32 Å². The van der Waals surface area contributed by atoms with Gasteiger partial charge in [-0.25, -0.2) is 4.39 Å². The standard InChI is InChI=1S/C16H25FN2O/c1-11-8-9-19(10-15(11)20-4)16-13(12(2)18-3)6-5-7-14(16)17/h5-7,11-12,15,18H,8-10H2,1-4H3. The van der Waals surface area contributed by atoms with E-state index in [2.05, 4.69) is 24.1 Å². The van der Waals surface area contributed by atoms with Gasteiger partial charge in [0.15, 0.2) is 0 Å². The van der Waals surface area contributed by atoms with Crippen LogP contribution in [0.4, 0.5) is 10.1 Å². The normalized spacial score (nSPS) is 24.8. The summed E-state index contributed by atoms with van der Waals surface area (Å²) in [5, 5.41) is 3.20. The summed E-state index contributed by atoms with van der Waals surface area (Å²) in [6, 6.07) is 5.45. The molecule has 0 amide bonds. The maximum atomic E-state index is 14.3. The lowest BCUT2D eigenvalue weighted by Crippen LogP contribution is -2.44. The predicted molar refractivity (Wildman–Crippen MR) is 80.7 cm³/mol. The van der Waals surface area contributed by atoms with E-state index in [9.17, 15) is 4.39 Å². The Kier molecular flexibility index (Phi) is 5.00. The summed E-state index contributed by atoms with van der Waals surface area (Å²) in [6.07, 6.45) is 1.20. The van der Waals surface area contributed by atoms with Crippen LogP contribution >= 0.6 is 0 Å². The average Bonchev–Trinajstić information content (AvgIpc) is 2.47. The molecule has 0 aliphatic carbocycles. The summed E-state index contributed by atoms with van der Waals surface area (Å²) < 4.78 is 19.9. The molecule has 20 heavy (non-hydrogen) atoms. The Bertz CT molecular complexity index is 452. The van der Waals surface area contributed by atoms with E-state index in [1.807, 2.05) is 13.1 Å². The molecule has 3 unspecified atom stereocenters. The molecule has 1 aliphatic rings. The zero-order valence-electron chi connectivity index (χ0n) is 12.8. The highest BCUT2D eigenvalue weighted by molar-refractivity contribution is 5.56. The van der Waals surface area contributed by atoms with E-state index < -0.39 is 0 Å². The largest absolute Gasteiger partial charge is 0.379 e. The SMILES string of the molecule is CNC(C)c1cccc(F)c1N1CCC(C)C(OC)C1. The highest BCUT2D eigenvalue weighted by atomic mass is 19.1. The van der Waals surface area contributed by atoms with Gasteiger partial charge in [0.25, 0.3) is 0 Å². The lowest BCUT2D eigenvalue weighted by Gasteiger charge is -2.39. The molecule has 1 heterocycles. The van der Waals surface area contributed by atoms with Crippen molar-refractivity contribution in [2.45, 2.75) is 32.4 Å². The van der Waals surface area contributed by atoms with E-state index in [4.69, 9.17) is 4.74 Å². The lowest BCUT2D eigenvalue weighted by molar-refractivity contribution is 0.0496. The quantitative estimate of drug-likeness (QED) is 0.917. The number of methoxy groups -OCH3 is 1. The first-order valence-corrected chi connectivity index (χ1v) is 7.31. The summed E-state index contributed by atoms with van der Waals surface area (Å²) in [4.78, 5) is 2.13.